The Morgan fingerprint density at radius 1 is 1.19 bits per heavy atom. The highest BCUT2D eigenvalue weighted by Crippen LogP contribution is 2.23. The van der Waals surface area contributed by atoms with Crippen molar-refractivity contribution in [3.05, 3.63) is 52.6 Å². The summed E-state index contributed by atoms with van der Waals surface area (Å²) in [6.45, 7) is 3.24. The van der Waals surface area contributed by atoms with Crippen molar-refractivity contribution in [1.29, 1.82) is 0 Å². The highest BCUT2D eigenvalue weighted by Gasteiger charge is 2.19. The van der Waals surface area contributed by atoms with Crippen LogP contribution < -0.4 is 10.0 Å². The summed E-state index contributed by atoms with van der Waals surface area (Å²) < 4.78 is 28.2. The van der Waals surface area contributed by atoms with Crippen molar-refractivity contribution in [2.45, 2.75) is 18.4 Å². The zero-order chi connectivity index (χ0) is 15.3. The number of nitrogens with one attached hydrogen (secondary N) is 2. The summed E-state index contributed by atoms with van der Waals surface area (Å²) in [6.07, 6.45) is 1.53. The molecular formula is C14H16BrN3O2S. The van der Waals surface area contributed by atoms with Crippen molar-refractivity contribution in [3.8, 4) is 0 Å². The van der Waals surface area contributed by atoms with E-state index in [1.807, 2.05) is 13.0 Å². The average Bonchev–Trinajstić information content (AvgIpc) is 2.47. The van der Waals surface area contributed by atoms with Gasteiger partial charge in [0.1, 0.15) is 0 Å². The second-order valence-electron chi connectivity index (χ2n) is 4.33. The summed E-state index contributed by atoms with van der Waals surface area (Å²) in [4.78, 5) is 4.28. The van der Waals surface area contributed by atoms with Crippen LogP contribution >= 0.6 is 15.9 Å². The fourth-order valence-electron chi connectivity index (χ4n) is 1.81. The molecule has 0 aliphatic rings. The van der Waals surface area contributed by atoms with Crippen LogP contribution in [-0.2, 0) is 16.6 Å². The molecule has 0 spiro atoms. The lowest BCUT2D eigenvalue weighted by Gasteiger charge is -2.12. The smallest absolute Gasteiger partial charge is 0.263 e. The molecule has 2 aromatic rings. The summed E-state index contributed by atoms with van der Waals surface area (Å²) in [5.74, 6) is 0.274. The van der Waals surface area contributed by atoms with Gasteiger partial charge in [0, 0.05) is 12.7 Å². The number of anilines is 1. The van der Waals surface area contributed by atoms with Gasteiger partial charge in [-0.05, 0) is 46.2 Å². The Balaban J connectivity index is 2.34. The van der Waals surface area contributed by atoms with Crippen molar-refractivity contribution in [2.24, 2.45) is 0 Å². The van der Waals surface area contributed by atoms with Crippen LogP contribution in [0.3, 0.4) is 0 Å². The van der Waals surface area contributed by atoms with Crippen LogP contribution in [0.15, 0.2) is 52.0 Å². The molecular weight excluding hydrogens is 354 g/mol. The van der Waals surface area contributed by atoms with Crippen molar-refractivity contribution in [3.63, 3.8) is 0 Å². The summed E-state index contributed by atoms with van der Waals surface area (Å²) in [5, 5.41) is 3.14. The lowest BCUT2D eigenvalue weighted by Crippen LogP contribution is -2.19. The molecule has 0 bridgehead atoms. The molecule has 21 heavy (non-hydrogen) atoms. The molecule has 1 aromatic heterocycles. The lowest BCUT2D eigenvalue weighted by atomic mass is 10.2. The number of aromatic nitrogens is 1. The first kappa shape index (κ1) is 15.9. The standard InChI is InChI=1S/C14H16BrN3O2S/c1-2-16-10-11-6-3-4-8-13(11)21(19,20)18-14-12(15)7-5-9-17-14/h3-9,16H,2,10H2,1H3,(H,17,18). The summed E-state index contributed by atoms with van der Waals surface area (Å²) >= 11 is 3.28. The fraction of sp³-hybridized carbons (Fsp3) is 0.214. The van der Waals surface area contributed by atoms with Crippen LogP contribution in [-0.4, -0.2) is 19.9 Å². The first-order valence-electron chi connectivity index (χ1n) is 6.46. The van der Waals surface area contributed by atoms with Gasteiger partial charge in [0.15, 0.2) is 5.82 Å². The first-order valence-corrected chi connectivity index (χ1v) is 8.74. The molecule has 2 rings (SSSR count). The third-order valence-corrected chi connectivity index (χ3v) is 4.90. The highest BCUT2D eigenvalue weighted by molar-refractivity contribution is 9.10. The number of pyridine rings is 1. The quantitative estimate of drug-likeness (QED) is 0.820. The van der Waals surface area contributed by atoms with Gasteiger partial charge in [-0.25, -0.2) is 13.4 Å². The van der Waals surface area contributed by atoms with E-state index in [2.05, 4.69) is 31.0 Å². The van der Waals surface area contributed by atoms with Crippen LogP contribution in [0.2, 0.25) is 0 Å². The van der Waals surface area contributed by atoms with Crippen LogP contribution in [0.5, 0.6) is 0 Å². The number of sulfonamides is 1. The third-order valence-electron chi connectivity index (χ3n) is 2.82. The topological polar surface area (TPSA) is 71.1 Å². The van der Waals surface area contributed by atoms with Crippen LogP contribution in [0.1, 0.15) is 12.5 Å². The summed E-state index contributed by atoms with van der Waals surface area (Å²) in [5.41, 5.74) is 0.721. The Labute approximate surface area is 133 Å². The van der Waals surface area contributed by atoms with Crippen LogP contribution in [0.4, 0.5) is 5.82 Å². The Morgan fingerprint density at radius 3 is 2.67 bits per heavy atom. The lowest BCUT2D eigenvalue weighted by molar-refractivity contribution is 0.598. The maximum absolute atomic E-state index is 12.5. The number of hydrogen-bond acceptors (Lipinski definition) is 4. The molecule has 0 unspecified atom stereocenters. The van der Waals surface area contributed by atoms with E-state index in [-0.39, 0.29) is 10.7 Å². The molecule has 0 aliphatic heterocycles. The number of benzene rings is 1. The number of rotatable bonds is 6. The number of hydrogen-bond donors (Lipinski definition) is 2. The molecule has 0 saturated carbocycles. The average molecular weight is 370 g/mol. The fourth-order valence-corrected chi connectivity index (χ4v) is 3.57. The maximum Gasteiger partial charge on any atom is 0.263 e. The van der Waals surface area contributed by atoms with E-state index in [0.29, 0.717) is 11.0 Å². The van der Waals surface area contributed by atoms with Gasteiger partial charge in [-0.3, -0.25) is 4.72 Å². The van der Waals surface area contributed by atoms with Gasteiger partial charge in [0.2, 0.25) is 0 Å². The first-order chi connectivity index (χ1) is 10.0. The normalized spacial score (nSPS) is 11.3. The van der Waals surface area contributed by atoms with E-state index in [1.165, 1.54) is 6.20 Å². The largest absolute Gasteiger partial charge is 0.313 e. The zero-order valence-corrected chi connectivity index (χ0v) is 13.9. The van der Waals surface area contributed by atoms with Crippen LogP contribution in [0.25, 0.3) is 0 Å². The Morgan fingerprint density at radius 2 is 1.95 bits per heavy atom. The van der Waals surface area contributed by atoms with E-state index < -0.39 is 10.0 Å². The third kappa shape index (κ3) is 4.03. The van der Waals surface area contributed by atoms with Gasteiger partial charge in [-0.1, -0.05) is 25.1 Å². The van der Waals surface area contributed by atoms with Gasteiger partial charge < -0.3 is 5.32 Å². The van der Waals surface area contributed by atoms with Crippen molar-refractivity contribution < 1.29 is 8.42 Å². The van der Waals surface area contributed by atoms with Gasteiger partial charge in [-0.15, -0.1) is 0 Å². The minimum Gasteiger partial charge on any atom is -0.313 e. The summed E-state index contributed by atoms with van der Waals surface area (Å²) in [7, 11) is -3.68. The van der Waals surface area contributed by atoms with Crippen molar-refractivity contribution >= 4 is 31.8 Å². The van der Waals surface area contributed by atoms with E-state index in [1.54, 1.807) is 30.3 Å². The molecule has 0 fully saturated rings. The van der Waals surface area contributed by atoms with E-state index in [9.17, 15) is 8.42 Å². The van der Waals surface area contributed by atoms with Gasteiger partial charge >= 0.3 is 0 Å². The molecule has 0 amide bonds. The molecule has 0 atom stereocenters. The Bertz CT molecular complexity index is 720. The molecule has 1 heterocycles. The van der Waals surface area contributed by atoms with Gasteiger partial charge in [0.05, 0.1) is 9.37 Å². The van der Waals surface area contributed by atoms with Gasteiger partial charge in [0.25, 0.3) is 10.0 Å². The predicted octanol–water partition coefficient (Wildman–Crippen LogP) is 2.75. The number of halogens is 1. The Kier molecular flexibility index (Phi) is 5.33. The monoisotopic (exact) mass is 369 g/mol. The molecule has 0 aliphatic carbocycles. The van der Waals surface area contributed by atoms with Crippen LogP contribution in [0, 0.1) is 0 Å². The SMILES string of the molecule is CCNCc1ccccc1S(=O)(=O)Nc1ncccc1Br. The second kappa shape index (κ2) is 7.02. The van der Waals surface area contributed by atoms with E-state index >= 15 is 0 Å². The minimum atomic E-state index is -3.68. The van der Waals surface area contributed by atoms with Crippen molar-refractivity contribution in [1.82, 2.24) is 10.3 Å². The predicted molar refractivity (Wildman–Crippen MR) is 86.6 cm³/mol. The van der Waals surface area contributed by atoms with Crippen molar-refractivity contribution in [2.75, 3.05) is 11.3 Å². The highest BCUT2D eigenvalue weighted by atomic mass is 79.9. The van der Waals surface area contributed by atoms with Gasteiger partial charge in [-0.2, -0.15) is 0 Å². The van der Waals surface area contributed by atoms with E-state index in [4.69, 9.17) is 0 Å². The Hall–Kier alpha value is -1.44. The molecule has 1 aromatic carbocycles. The van der Waals surface area contributed by atoms with E-state index in [0.717, 1.165) is 12.1 Å². The maximum atomic E-state index is 12.5. The minimum absolute atomic E-state index is 0.253. The molecule has 112 valence electrons. The molecule has 0 saturated heterocycles. The zero-order valence-electron chi connectivity index (χ0n) is 11.5. The second-order valence-corrected chi connectivity index (χ2v) is 6.83. The molecule has 2 N–H and O–H groups in total. The molecule has 7 heteroatoms. The molecule has 0 radical (unpaired) electrons. The molecule has 5 nitrogen and oxygen atoms in total. The summed E-state index contributed by atoms with van der Waals surface area (Å²) in [6, 6.07) is 10.4. The number of nitrogens with zero attached hydrogens (tertiary/aromatic N) is 1.